The van der Waals surface area contributed by atoms with E-state index >= 15 is 0 Å². The van der Waals surface area contributed by atoms with E-state index in [1.54, 1.807) is 43.8 Å². The van der Waals surface area contributed by atoms with E-state index in [0.29, 0.717) is 12.8 Å². The number of rotatable bonds is 16. The van der Waals surface area contributed by atoms with Crippen molar-refractivity contribution in [2.75, 3.05) is 7.05 Å². The highest BCUT2D eigenvalue weighted by molar-refractivity contribution is 5.87. The molecule has 49 heavy (non-hydrogen) atoms. The monoisotopic (exact) mass is 666 g/mol. The van der Waals surface area contributed by atoms with Gasteiger partial charge in [-0.3, -0.25) is 14.8 Å². The van der Waals surface area contributed by atoms with Crippen LogP contribution >= 0.6 is 0 Å². The van der Waals surface area contributed by atoms with Crippen molar-refractivity contribution in [3.63, 3.8) is 0 Å². The number of pyridine rings is 2. The summed E-state index contributed by atoms with van der Waals surface area (Å²) in [6.45, 7) is 4.03. The molecule has 4 atom stereocenters. The summed E-state index contributed by atoms with van der Waals surface area (Å²) in [5.41, 5.74) is 3.34. The molecule has 0 fully saturated rings. The van der Waals surface area contributed by atoms with E-state index in [0.717, 1.165) is 22.4 Å². The molecule has 2 aromatic heterocycles. The zero-order valence-corrected chi connectivity index (χ0v) is 28.2. The highest BCUT2D eigenvalue weighted by Crippen LogP contribution is 2.16. The molecule has 0 aliphatic carbocycles. The van der Waals surface area contributed by atoms with Crippen LogP contribution in [0.25, 0.3) is 0 Å². The maximum Gasteiger partial charge on any atom is 0.407 e. The van der Waals surface area contributed by atoms with Crippen molar-refractivity contribution in [1.29, 1.82) is 0 Å². The fraction of sp³-hybridized carbons (Fsp3) is 0.342. The summed E-state index contributed by atoms with van der Waals surface area (Å²) >= 11 is 0. The second-order valence-electron chi connectivity index (χ2n) is 12.4. The first kappa shape index (κ1) is 36.5. The molecule has 0 bridgehead atoms. The lowest BCUT2D eigenvalue weighted by Crippen LogP contribution is -2.55. The van der Waals surface area contributed by atoms with Gasteiger partial charge in [-0.05, 0) is 54.5 Å². The number of ether oxygens (including phenoxy) is 1. The third-order valence-electron chi connectivity index (χ3n) is 8.06. The van der Waals surface area contributed by atoms with Crippen LogP contribution in [0.1, 0.15) is 42.7 Å². The molecule has 4 aromatic rings. The Labute approximate surface area is 288 Å². The molecule has 11 heteroatoms. The molecule has 2 unspecified atom stereocenters. The van der Waals surface area contributed by atoms with Crippen molar-refractivity contribution in [3.8, 4) is 0 Å². The molecule has 258 valence electrons. The highest BCUT2D eigenvalue weighted by atomic mass is 16.5. The number of alkyl carbamates (subject to hydrolysis) is 1. The van der Waals surface area contributed by atoms with E-state index in [-0.39, 0.29) is 31.4 Å². The first-order valence-electron chi connectivity index (χ1n) is 16.5. The number of amides is 4. The lowest BCUT2D eigenvalue weighted by molar-refractivity contribution is -0.124. The number of carbonyl (C=O) groups is 3. The van der Waals surface area contributed by atoms with Gasteiger partial charge in [-0.25, -0.2) is 9.59 Å². The highest BCUT2D eigenvalue weighted by Gasteiger charge is 2.31. The van der Waals surface area contributed by atoms with Gasteiger partial charge in [0.1, 0.15) is 12.6 Å². The van der Waals surface area contributed by atoms with E-state index in [2.05, 4.69) is 25.9 Å². The first-order valence-corrected chi connectivity index (χ1v) is 16.5. The third kappa shape index (κ3) is 12.3. The number of aliphatic hydroxyl groups excluding tert-OH is 1. The number of benzene rings is 2. The number of hydrogen-bond donors (Lipinski definition) is 4. The van der Waals surface area contributed by atoms with Crippen LogP contribution in [-0.4, -0.2) is 69.3 Å². The number of nitrogens with zero attached hydrogens (tertiary/aromatic N) is 3. The maximum absolute atomic E-state index is 13.8. The SMILES string of the molecule is CC(C)[C@H](NC(=O)N(C)Cc1ccccn1)C(=O)NC(Cc1ccccc1)CC(O)[C@H](Cc1ccccc1)NC(=O)OCc1cccnc1. The maximum atomic E-state index is 13.8. The van der Waals surface area contributed by atoms with Gasteiger partial charge in [-0.1, -0.05) is 86.6 Å². The minimum atomic E-state index is -1.06. The minimum Gasteiger partial charge on any atom is -0.445 e. The van der Waals surface area contributed by atoms with Crippen LogP contribution in [-0.2, 0) is 35.5 Å². The van der Waals surface area contributed by atoms with Crippen LogP contribution in [0.5, 0.6) is 0 Å². The van der Waals surface area contributed by atoms with Gasteiger partial charge in [0.25, 0.3) is 0 Å². The molecule has 2 heterocycles. The Hall–Kier alpha value is -5.29. The molecular formula is C38H46N6O5. The van der Waals surface area contributed by atoms with Gasteiger partial charge >= 0.3 is 12.1 Å². The number of hydrogen-bond acceptors (Lipinski definition) is 7. The average molecular weight is 667 g/mol. The predicted molar refractivity (Wildman–Crippen MR) is 187 cm³/mol. The Balaban J connectivity index is 1.47. The van der Waals surface area contributed by atoms with Gasteiger partial charge in [0.05, 0.1) is 24.4 Å². The standard InChI is InChI=1S/C38H46N6O5/c1-27(2)35(43-37(47)44(3)25-31-18-10-11-20-40-31)36(46)41-32(21-28-13-6-4-7-14-28)23-34(45)33(22-29-15-8-5-9-16-29)42-38(48)49-26-30-17-12-19-39-24-30/h4-20,24,27,32-35,45H,21-23,25-26H2,1-3H3,(H,41,46)(H,42,48)(H,43,47)/t32?,33-,34?,35-/m0/s1. The minimum absolute atomic E-state index is 0.0277. The van der Waals surface area contributed by atoms with Crippen LogP contribution in [0, 0.1) is 5.92 Å². The molecule has 4 N–H and O–H groups in total. The zero-order valence-electron chi connectivity index (χ0n) is 28.2. The van der Waals surface area contributed by atoms with Gasteiger partial charge in [0, 0.05) is 37.2 Å². The topological polar surface area (TPSA) is 146 Å². The van der Waals surface area contributed by atoms with Crippen LogP contribution in [0.15, 0.2) is 110 Å². The summed E-state index contributed by atoms with van der Waals surface area (Å²) in [5.74, 6) is -0.595. The quantitative estimate of drug-likeness (QED) is 0.136. The van der Waals surface area contributed by atoms with E-state index < -0.39 is 36.4 Å². The van der Waals surface area contributed by atoms with Gasteiger partial charge in [-0.2, -0.15) is 0 Å². The van der Waals surface area contributed by atoms with E-state index in [1.807, 2.05) is 86.6 Å². The molecule has 11 nitrogen and oxygen atoms in total. The number of urea groups is 1. The van der Waals surface area contributed by atoms with Crippen LogP contribution in [0.3, 0.4) is 0 Å². The molecule has 0 saturated carbocycles. The predicted octanol–water partition coefficient (Wildman–Crippen LogP) is 4.66. The summed E-state index contributed by atoms with van der Waals surface area (Å²) in [6.07, 6.45) is 4.07. The second-order valence-corrected chi connectivity index (χ2v) is 12.4. The Morgan fingerprint density at radius 2 is 1.45 bits per heavy atom. The molecule has 2 aromatic carbocycles. The van der Waals surface area contributed by atoms with E-state index in [9.17, 15) is 19.5 Å². The number of nitrogens with one attached hydrogen (secondary N) is 3. The van der Waals surface area contributed by atoms with Gasteiger partial charge in [-0.15, -0.1) is 0 Å². The van der Waals surface area contributed by atoms with Crippen molar-refractivity contribution >= 4 is 18.0 Å². The van der Waals surface area contributed by atoms with Crippen molar-refractivity contribution in [2.24, 2.45) is 5.92 Å². The normalized spacial score (nSPS) is 13.4. The fourth-order valence-electron chi connectivity index (χ4n) is 5.40. The van der Waals surface area contributed by atoms with Crippen molar-refractivity contribution in [3.05, 3.63) is 132 Å². The number of aliphatic hydroxyl groups is 1. The largest absolute Gasteiger partial charge is 0.445 e. The van der Waals surface area contributed by atoms with Crippen LogP contribution in [0.4, 0.5) is 9.59 Å². The lowest BCUT2D eigenvalue weighted by Gasteiger charge is -2.30. The summed E-state index contributed by atoms with van der Waals surface area (Å²) in [7, 11) is 1.65. The smallest absolute Gasteiger partial charge is 0.407 e. The Morgan fingerprint density at radius 1 is 0.796 bits per heavy atom. The second kappa shape index (κ2) is 18.9. The van der Waals surface area contributed by atoms with Gasteiger partial charge < -0.3 is 30.7 Å². The fourth-order valence-corrected chi connectivity index (χ4v) is 5.40. The lowest BCUT2D eigenvalue weighted by atomic mass is 9.93. The van der Waals surface area contributed by atoms with Crippen molar-refractivity contribution in [2.45, 2.75) is 70.5 Å². The van der Waals surface area contributed by atoms with E-state index in [4.69, 9.17) is 4.74 Å². The summed E-state index contributed by atoms with van der Waals surface area (Å²) in [4.78, 5) is 49.7. The summed E-state index contributed by atoms with van der Waals surface area (Å²) in [6, 6.07) is 25.7. The first-order chi connectivity index (χ1) is 23.7. The van der Waals surface area contributed by atoms with Gasteiger partial charge in [0.15, 0.2) is 0 Å². The van der Waals surface area contributed by atoms with E-state index in [1.165, 1.54) is 4.90 Å². The number of carbonyl (C=O) groups excluding carboxylic acids is 3. The summed E-state index contributed by atoms with van der Waals surface area (Å²) in [5, 5.41) is 20.5. The molecule has 0 spiro atoms. The zero-order chi connectivity index (χ0) is 35.0. The van der Waals surface area contributed by atoms with Gasteiger partial charge in [0.2, 0.25) is 5.91 Å². The average Bonchev–Trinajstić information content (AvgIpc) is 3.10. The van der Waals surface area contributed by atoms with Crippen LogP contribution < -0.4 is 16.0 Å². The molecule has 4 rings (SSSR count). The van der Waals surface area contributed by atoms with Crippen molar-refractivity contribution in [1.82, 2.24) is 30.8 Å². The molecule has 0 saturated heterocycles. The summed E-state index contributed by atoms with van der Waals surface area (Å²) < 4.78 is 5.44. The Kier molecular flexibility index (Phi) is 14.1. The molecular weight excluding hydrogens is 620 g/mol. The molecule has 0 radical (unpaired) electrons. The van der Waals surface area contributed by atoms with Crippen LogP contribution in [0.2, 0.25) is 0 Å². The van der Waals surface area contributed by atoms with Crippen molar-refractivity contribution < 1.29 is 24.2 Å². The molecule has 0 aliphatic rings. The third-order valence-corrected chi connectivity index (χ3v) is 8.06. The number of aromatic nitrogens is 2. The molecule has 4 amide bonds. The Morgan fingerprint density at radius 3 is 2.06 bits per heavy atom. The Bertz CT molecular complexity index is 1580. The molecule has 0 aliphatic heterocycles.